The van der Waals surface area contributed by atoms with Crippen LogP contribution in [0.1, 0.15) is 39.5 Å². The number of nitrogens with two attached hydrogens (primary N) is 1. The molecule has 0 amide bonds. The van der Waals surface area contributed by atoms with Gasteiger partial charge in [-0.25, -0.2) is 0 Å². The third-order valence-electron chi connectivity index (χ3n) is 4.55. The number of nitrogens with zero attached hydrogens (tertiary/aromatic N) is 1. The van der Waals surface area contributed by atoms with Crippen molar-refractivity contribution >= 4 is 0 Å². The van der Waals surface area contributed by atoms with E-state index in [1.807, 2.05) is 0 Å². The van der Waals surface area contributed by atoms with Gasteiger partial charge in [0.15, 0.2) is 0 Å². The molecule has 3 atom stereocenters. The van der Waals surface area contributed by atoms with E-state index < -0.39 is 0 Å². The number of hydrogen-bond donors (Lipinski definition) is 1. The summed E-state index contributed by atoms with van der Waals surface area (Å²) in [7, 11) is 0. The highest BCUT2D eigenvalue weighted by molar-refractivity contribution is 4.98. The second kappa shape index (κ2) is 5.03. The minimum absolute atomic E-state index is 0.238. The monoisotopic (exact) mass is 226 g/mol. The molecule has 0 aliphatic carbocycles. The van der Waals surface area contributed by atoms with Gasteiger partial charge in [-0.15, -0.1) is 0 Å². The summed E-state index contributed by atoms with van der Waals surface area (Å²) in [5.74, 6) is 0.890. The average molecular weight is 226 g/mol. The van der Waals surface area contributed by atoms with Crippen LogP contribution in [-0.4, -0.2) is 42.8 Å². The molecule has 0 bridgehead atoms. The van der Waals surface area contributed by atoms with Crippen LogP contribution in [0.2, 0.25) is 0 Å². The first-order valence-corrected chi connectivity index (χ1v) is 6.77. The SMILES string of the molecule is CCC1CCN(C2(CN)CCOC(C)C2)C1. The second-order valence-corrected chi connectivity index (χ2v) is 5.57. The predicted octanol–water partition coefficient (Wildman–Crippen LogP) is 1.61. The summed E-state index contributed by atoms with van der Waals surface area (Å²) in [4.78, 5) is 2.65. The summed E-state index contributed by atoms with van der Waals surface area (Å²) in [5, 5.41) is 0. The molecule has 0 radical (unpaired) electrons. The van der Waals surface area contributed by atoms with E-state index in [0.29, 0.717) is 6.10 Å². The third kappa shape index (κ3) is 2.27. The van der Waals surface area contributed by atoms with Crippen LogP contribution in [0.15, 0.2) is 0 Å². The van der Waals surface area contributed by atoms with Gasteiger partial charge in [-0.2, -0.15) is 0 Å². The van der Waals surface area contributed by atoms with Gasteiger partial charge < -0.3 is 10.5 Å². The van der Waals surface area contributed by atoms with Gasteiger partial charge in [0.25, 0.3) is 0 Å². The zero-order chi connectivity index (χ0) is 11.6. The first kappa shape index (κ1) is 12.3. The molecule has 0 spiro atoms. The fraction of sp³-hybridized carbons (Fsp3) is 1.00. The Hall–Kier alpha value is -0.120. The second-order valence-electron chi connectivity index (χ2n) is 5.57. The minimum atomic E-state index is 0.238. The van der Waals surface area contributed by atoms with Crippen molar-refractivity contribution in [2.24, 2.45) is 11.7 Å². The van der Waals surface area contributed by atoms with Gasteiger partial charge in [0.05, 0.1) is 6.10 Å². The summed E-state index contributed by atoms with van der Waals surface area (Å²) in [6.07, 6.45) is 5.26. The Morgan fingerprint density at radius 1 is 1.50 bits per heavy atom. The van der Waals surface area contributed by atoms with Crippen molar-refractivity contribution in [2.75, 3.05) is 26.2 Å². The van der Waals surface area contributed by atoms with Gasteiger partial charge in [-0.1, -0.05) is 13.3 Å². The van der Waals surface area contributed by atoms with Crippen molar-refractivity contribution in [3.63, 3.8) is 0 Å². The van der Waals surface area contributed by atoms with Gasteiger partial charge in [-0.3, -0.25) is 4.90 Å². The van der Waals surface area contributed by atoms with Crippen LogP contribution in [0.5, 0.6) is 0 Å². The molecule has 0 aromatic heterocycles. The lowest BCUT2D eigenvalue weighted by Gasteiger charge is -2.46. The summed E-state index contributed by atoms with van der Waals surface area (Å²) in [6.45, 7) is 8.64. The Balaban J connectivity index is 2.03. The highest BCUT2D eigenvalue weighted by atomic mass is 16.5. The molecule has 16 heavy (non-hydrogen) atoms. The smallest absolute Gasteiger partial charge is 0.0565 e. The van der Waals surface area contributed by atoms with Gasteiger partial charge in [0.2, 0.25) is 0 Å². The molecule has 0 aromatic carbocycles. The zero-order valence-corrected chi connectivity index (χ0v) is 10.7. The Morgan fingerprint density at radius 3 is 2.88 bits per heavy atom. The summed E-state index contributed by atoms with van der Waals surface area (Å²) in [6, 6.07) is 0. The van der Waals surface area contributed by atoms with Crippen LogP contribution in [0.4, 0.5) is 0 Å². The summed E-state index contributed by atoms with van der Waals surface area (Å²) < 4.78 is 5.67. The number of likely N-dealkylation sites (tertiary alicyclic amines) is 1. The molecule has 2 N–H and O–H groups in total. The minimum Gasteiger partial charge on any atom is -0.378 e. The van der Waals surface area contributed by atoms with Gasteiger partial charge in [-0.05, 0) is 38.6 Å². The maximum atomic E-state index is 6.07. The van der Waals surface area contributed by atoms with Crippen molar-refractivity contribution in [1.29, 1.82) is 0 Å². The molecule has 2 aliphatic rings. The average Bonchev–Trinajstić information content (AvgIpc) is 2.78. The van der Waals surface area contributed by atoms with E-state index >= 15 is 0 Å². The van der Waals surface area contributed by atoms with Crippen molar-refractivity contribution in [2.45, 2.75) is 51.2 Å². The van der Waals surface area contributed by atoms with E-state index in [-0.39, 0.29) is 5.54 Å². The topological polar surface area (TPSA) is 38.5 Å². The highest BCUT2D eigenvalue weighted by Gasteiger charge is 2.42. The summed E-state index contributed by atoms with van der Waals surface area (Å²) in [5.41, 5.74) is 6.31. The maximum Gasteiger partial charge on any atom is 0.0565 e. The van der Waals surface area contributed by atoms with Crippen LogP contribution in [0.3, 0.4) is 0 Å². The summed E-state index contributed by atoms with van der Waals surface area (Å²) >= 11 is 0. The Labute approximate surface area is 99.3 Å². The molecule has 0 aromatic rings. The fourth-order valence-corrected chi connectivity index (χ4v) is 3.34. The highest BCUT2D eigenvalue weighted by Crippen LogP contribution is 2.34. The number of ether oxygens (including phenoxy) is 1. The van der Waals surface area contributed by atoms with Crippen LogP contribution >= 0.6 is 0 Å². The standard InChI is InChI=1S/C13H26N2O/c1-3-12-4-6-15(9-12)13(10-14)5-7-16-11(2)8-13/h11-12H,3-10,14H2,1-2H3. The Morgan fingerprint density at radius 2 is 2.31 bits per heavy atom. The van der Waals surface area contributed by atoms with Crippen LogP contribution in [-0.2, 0) is 4.74 Å². The molecular formula is C13H26N2O. The van der Waals surface area contributed by atoms with Crippen molar-refractivity contribution in [3.8, 4) is 0 Å². The molecule has 94 valence electrons. The lowest BCUT2D eigenvalue weighted by molar-refractivity contribution is -0.0578. The molecule has 3 nitrogen and oxygen atoms in total. The van der Waals surface area contributed by atoms with Crippen molar-refractivity contribution in [1.82, 2.24) is 4.90 Å². The normalized spacial score (nSPS) is 41.4. The van der Waals surface area contributed by atoms with Crippen molar-refractivity contribution < 1.29 is 4.74 Å². The van der Waals surface area contributed by atoms with E-state index in [2.05, 4.69) is 18.7 Å². The molecule has 2 saturated heterocycles. The Kier molecular flexibility index (Phi) is 3.88. The molecule has 2 heterocycles. The molecule has 2 fully saturated rings. The molecule has 2 aliphatic heterocycles. The van der Waals surface area contributed by atoms with Crippen LogP contribution < -0.4 is 5.73 Å². The molecule has 0 saturated carbocycles. The number of hydrogen-bond acceptors (Lipinski definition) is 3. The van der Waals surface area contributed by atoms with Gasteiger partial charge in [0.1, 0.15) is 0 Å². The first-order chi connectivity index (χ1) is 7.70. The first-order valence-electron chi connectivity index (χ1n) is 6.77. The largest absolute Gasteiger partial charge is 0.378 e. The molecule has 3 unspecified atom stereocenters. The fourth-order valence-electron chi connectivity index (χ4n) is 3.34. The number of rotatable bonds is 3. The molecular weight excluding hydrogens is 200 g/mol. The predicted molar refractivity (Wildman–Crippen MR) is 66.4 cm³/mol. The lowest BCUT2D eigenvalue weighted by atomic mass is 9.85. The van der Waals surface area contributed by atoms with Gasteiger partial charge in [0, 0.05) is 25.2 Å². The molecule has 3 heteroatoms. The third-order valence-corrected chi connectivity index (χ3v) is 4.55. The lowest BCUT2D eigenvalue weighted by Crippen LogP contribution is -2.57. The maximum absolute atomic E-state index is 6.07. The van der Waals surface area contributed by atoms with Gasteiger partial charge >= 0.3 is 0 Å². The van der Waals surface area contributed by atoms with Crippen LogP contribution in [0.25, 0.3) is 0 Å². The van der Waals surface area contributed by atoms with Crippen molar-refractivity contribution in [3.05, 3.63) is 0 Å². The quantitative estimate of drug-likeness (QED) is 0.794. The van der Waals surface area contributed by atoms with E-state index in [1.54, 1.807) is 0 Å². The van der Waals surface area contributed by atoms with Crippen LogP contribution in [0, 0.1) is 5.92 Å². The van der Waals surface area contributed by atoms with E-state index in [0.717, 1.165) is 31.9 Å². The van der Waals surface area contributed by atoms with E-state index in [1.165, 1.54) is 25.9 Å². The van der Waals surface area contributed by atoms with E-state index in [4.69, 9.17) is 10.5 Å². The Bertz CT molecular complexity index is 234. The molecule has 2 rings (SSSR count). The zero-order valence-electron chi connectivity index (χ0n) is 10.7. The van der Waals surface area contributed by atoms with E-state index in [9.17, 15) is 0 Å².